The van der Waals surface area contributed by atoms with Crippen LogP contribution in [0.3, 0.4) is 0 Å². The Bertz CT molecular complexity index is 1280. The fourth-order valence-electron chi connectivity index (χ4n) is 3.05. The van der Waals surface area contributed by atoms with E-state index in [0.717, 1.165) is 10.9 Å². The second-order valence-corrected chi connectivity index (χ2v) is 9.28. The zero-order valence-corrected chi connectivity index (χ0v) is 22.3. The highest BCUT2D eigenvalue weighted by Gasteiger charge is 2.17. The van der Waals surface area contributed by atoms with Gasteiger partial charge >= 0.3 is 5.97 Å². The van der Waals surface area contributed by atoms with Crippen LogP contribution in [0.2, 0.25) is 0 Å². The van der Waals surface area contributed by atoms with Gasteiger partial charge in [-0.25, -0.2) is 9.78 Å². The lowest BCUT2D eigenvalue weighted by molar-refractivity contribution is -0.142. The molecule has 0 aliphatic heterocycles. The van der Waals surface area contributed by atoms with Gasteiger partial charge in [-0.05, 0) is 64.9 Å². The Hall–Kier alpha value is -2.47. The van der Waals surface area contributed by atoms with E-state index in [1.54, 1.807) is 18.3 Å². The zero-order chi connectivity index (χ0) is 24.1. The van der Waals surface area contributed by atoms with Gasteiger partial charge in [-0.3, -0.25) is 4.79 Å². The van der Waals surface area contributed by atoms with Gasteiger partial charge in [-0.1, -0.05) is 29.8 Å². The quantitative estimate of drug-likeness (QED) is 0.204. The van der Waals surface area contributed by atoms with Crippen LogP contribution in [0.25, 0.3) is 10.9 Å². The van der Waals surface area contributed by atoms with Gasteiger partial charge in [0.25, 0.3) is 5.56 Å². The summed E-state index contributed by atoms with van der Waals surface area (Å²) in [5, 5.41) is 4.96. The van der Waals surface area contributed by atoms with Crippen molar-refractivity contribution in [2.24, 2.45) is 5.10 Å². The number of carbonyl (C=O) groups is 1. The van der Waals surface area contributed by atoms with Gasteiger partial charge in [0.2, 0.25) is 0 Å². The molecule has 0 bridgehead atoms. The van der Waals surface area contributed by atoms with Crippen molar-refractivity contribution in [3.63, 3.8) is 0 Å². The molecule has 10 heteroatoms. The van der Waals surface area contributed by atoms with E-state index in [4.69, 9.17) is 14.5 Å². The number of ether oxygens (including phenoxy) is 3. The number of rotatable bonds is 8. The summed E-state index contributed by atoms with van der Waals surface area (Å²) in [4.78, 5) is 29.4. The Morgan fingerprint density at radius 1 is 1.30 bits per heavy atom. The third kappa shape index (κ3) is 5.72. The lowest BCUT2D eigenvalue weighted by Gasteiger charge is -2.14. The summed E-state index contributed by atoms with van der Waals surface area (Å²) in [5.74, 6) is 0.989. The van der Waals surface area contributed by atoms with Crippen molar-refractivity contribution in [3.05, 3.63) is 60.1 Å². The number of hydrogen-bond acceptors (Lipinski definition) is 7. The van der Waals surface area contributed by atoms with Gasteiger partial charge in [0, 0.05) is 10.4 Å². The van der Waals surface area contributed by atoms with Crippen LogP contribution < -0.4 is 15.0 Å². The van der Waals surface area contributed by atoms with Gasteiger partial charge in [0.1, 0.15) is 5.82 Å². The monoisotopic (exact) mass is 627 g/mol. The Balaban J connectivity index is 2.06. The summed E-state index contributed by atoms with van der Waals surface area (Å²) in [6, 6.07) is 8.97. The number of esters is 1. The topological polar surface area (TPSA) is 92.0 Å². The van der Waals surface area contributed by atoms with Gasteiger partial charge in [-0.15, -0.1) is 0 Å². The van der Waals surface area contributed by atoms with Crippen LogP contribution in [-0.4, -0.2) is 42.7 Å². The van der Waals surface area contributed by atoms with Crippen molar-refractivity contribution in [1.29, 1.82) is 0 Å². The third-order valence-corrected chi connectivity index (χ3v) is 6.32. The lowest BCUT2D eigenvalue weighted by atomic mass is 10.1. The number of benzene rings is 2. The molecule has 8 nitrogen and oxygen atoms in total. The van der Waals surface area contributed by atoms with E-state index < -0.39 is 5.97 Å². The molecular weight excluding hydrogens is 605 g/mol. The van der Waals surface area contributed by atoms with E-state index in [2.05, 4.69) is 48.4 Å². The molecule has 0 radical (unpaired) electrons. The lowest BCUT2D eigenvalue weighted by Crippen LogP contribution is -2.23. The Kier molecular flexibility index (Phi) is 8.46. The molecule has 0 fully saturated rings. The van der Waals surface area contributed by atoms with Gasteiger partial charge in [-0.2, -0.15) is 9.78 Å². The van der Waals surface area contributed by atoms with E-state index in [9.17, 15) is 9.59 Å². The number of nitrogens with zero attached hydrogens (tertiary/aromatic N) is 3. The first-order chi connectivity index (χ1) is 15.8. The second-order valence-electron chi connectivity index (χ2n) is 7.20. The van der Waals surface area contributed by atoms with Crippen molar-refractivity contribution in [3.8, 4) is 11.5 Å². The molecule has 33 heavy (non-hydrogen) atoms. The molecule has 2 aromatic carbocycles. The van der Waals surface area contributed by atoms with Crippen molar-refractivity contribution < 1.29 is 19.0 Å². The average Bonchev–Trinajstić information content (AvgIpc) is 2.81. The van der Waals surface area contributed by atoms with E-state index >= 15 is 0 Å². The molecule has 0 saturated carbocycles. The summed E-state index contributed by atoms with van der Waals surface area (Å²) in [6.07, 6.45) is 2.38. The fraction of sp³-hybridized carbons (Fsp3) is 0.304. The zero-order valence-electron chi connectivity index (χ0n) is 18.6. The van der Waals surface area contributed by atoms with Crippen LogP contribution in [-0.2, 0) is 9.53 Å². The number of hydrogen-bond donors (Lipinski definition) is 0. The van der Waals surface area contributed by atoms with E-state index in [1.165, 1.54) is 18.9 Å². The van der Waals surface area contributed by atoms with Crippen molar-refractivity contribution in [2.75, 3.05) is 20.8 Å². The standard InChI is InChI=1S/C23H23BrIN3O5/c1-5-13(2)22-27-18-7-6-15(24)10-16(18)23(30)28(22)26-11-14-8-17(25)21(19(9-14)31-3)33-12-20(29)32-4/h6-11,13H,5,12H2,1-4H3/t13-/m0/s1. The van der Waals surface area contributed by atoms with Crippen molar-refractivity contribution in [2.45, 2.75) is 26.2 Å². The van der Waals surface area contributed by atoms with E-state index in [1.807, 2.05) is 32.0 Å². The van der Waals surface area contributed by atoms with Crippen LogP contribution in [0.5, 0.6) is 11.5 Å². The van der Waals surface area contributed by atoms with Crippen LogP contribution in [0.4, 0.5) is 0 Å². The van der Waals surface area contributed by atoms with Gasteiger partial charge in [0.15, 0.2) is 18.1 Å². The van der Waals surface area contributed by atoms with Crippen LogP contribution in [0.1, 0.15) is 37.6 Å². The molecule has 3 aromatic rings. The normalized spacial score (nSPS) is 12.2. The summed E-state index contributed by atoms with van der Waals surface area (Å²) < 4.78 is 18.5. The summed E-state index contributed by atoms with van der Waals surface area (Å²) in [6.45, 7) is 3.82. The molecule has 174 valence electrons. The molecule has 0 spiro atoms. The summed E-state index contributed by atoms with van der Waals surface area (Å²) in [7, 11) is 2.80. The predicted octanol–water partition coefficient (Wildman–Crippen LogP) is 4.72. The van der Waals surface area contributed by atoms with Gasteiger partial charge in [0.05, 0.1) is 34.9 Å². The molecule has 0 aliphatic rings. The SMILES string of the molecule is CC[C@H](C)c1nc2ccc(Br)cc2c(=O)n1N=Cc1cc(I)c(OCC(=O)OC)c(OC)c1. The minimum absolute atomic E-state index is 0.0340. The first-order valence-corrected chi connectivity index (χ1v) is 12.0. The fourth-order valence-corrected chi connectivity index (χ4v) is 4.19. The summed E-state index contributed by atoms with van der Waals surface area (Å²) >= 11 is 5.50. The minimum Gasteiger partial charge on any atom is -0.493 e. The smallest absolute Gasteiger partial charge is 0.343 e. The highest BCUT2D eigenvalue weighted by molar-refractivity contribution is 14.1. The molecule has 1 heterocycles. The molecule has 3 rings (SSSR count). The Morgan fingerprint density at radius 3 is 2.73 bits per heavy atom. The minimum atomic E-state index is -0.495. The molecule has 0 N–H and O–H groups in total. The number of carbonyl (C=O) groups excluding carboxylic acids is 1. The molecule has 0 unspecified atom stereocenters. The maximum atomic E-state index is 13.3. The summed E-state index contributed by atoms with van der Waals surface area (Å²) in [5.41, 5.74) is 1.08. The molecular formula is C23H23BrIN3O5. The van der Waals surface area contributed by atoms with E-state index in [-0.39, 0.29) is 18.1 Å². The highest BCUT2D eigenvalue weighted by Crippen LogP contribution is 2.33. The van der Waals surface area contributed by atoms with Crippen LogP contribution in [0, 0.1) is 3.57 Å². The number of halogens is 2. The van der Waals surface area contributed by atoms with Crippen LogP contribution >= 0.6 is 38.5 Å². The molecule has 0 saturated heterocycles. The van der Waals surface area contributed by atoms with Crippen molar-refractivity contribution in [1.82, 2.24) is 9.66 Å². The third-order valence-electron chi connectivity index (χ3n) is 5.02. The molecule has 0 amide bonds. The van der Waals surface area contributed by atoms with E-state index in [0.29, 0.717) is 37.4 Å². The predicted molar refractivity (Wildman–Crippen MR) is 139 cm³/mol. The Morgan fingerprint density at radius 2 is 2.06 bits per heavy atom. The largest absolute Gasteiger partial charge is 0.493 e. The molecule has 1 atom stereocenters. The maximum Gasteiger partial charge on any atom is 0.343 e. The highest BCUT2D eigenvalue weighted by atomic mass is 127. The first-order valence-electron chi connectivity index (χ1n) is 10.1. The second kappa shape index (κ2) is 11.1. The number of methoxy groups -OCH3 is 2. The van der Waals surface area contributed by atoms with Gasteiger partial charge < -0.3 is 14.2 Å². The molecule has 1 aromatic heterocycles. The number of aromatic nitrogens is 2. The number of fused-ring (bicyclic) bond motifs is 1. The van der Waals surface area contributed by atoms with Crippen molar-refractivity contribution >= 4 is 61.6 Å². The van der Waals surface area contributed by atoms with Crippen LogP contribution in [0.15, 0.2) is 44.7 Å². The first kappa shape index (κ1) is 25.2. The average molecular weight is 628 g/mol. The molecule has 0 aliphatic carbocycles. The Labute approximate surface area is 213 Å². The maximum absolute atomic E-state index is 13.3.